The first-order chi connectivity index (χ1) is 16.6. The van der Waals surface area contributed by atoms with E-state index in [1.54, 1.807) is 0 Å². The summed E-state index contributed by atoms with van der Waals surface area (Å²) in [6.07, 6.45) is 1.45. The summed E-state index contributed by atoms with van der Waals surface area (Å²) in [5, 5.41) is 26.5. The molecule has 35 heavy (non-hydrogen) atoms. The summed E-state index contributed by atoms with van der Waals surface area (Å²) in [6, 6.07) is -0.0720. The van der Waals surface area contributed by atoms with E-state index >= 15 is 0 Å². The predicted octanol–water partition coefficient (Wildman–Crippen LogP) is -2.04. The average Bonchev–Trinajstić information content (AvgIpc) is 3.30. The van der Waals surface area contributed by atoms with Crippen molar-refractivity contribution in [3.05, 3.63) is 22.4 Å². The molecule has 1 aromatic heterocycles. The second-order valence-corrected chi connectivity index (χ2v) is 7.15. The van der Waals surface area contributed by atoms with Crippen molar-refractivity contribution in [2.75, 3.05) is 67.1 Å². The van der Waals surface area contributed by atoms with Crippen LogP contribution in [0.5, 0.6) is 0 Å². The Morgan fingerprint density at radius 3 is 2.20 bits per heavy atom. The summed E-state index contributed by atoms with van der Waals surface area (Å²) >= 11 is 0. The molecule has 0 saturated carbocycles. The van der Waals surface area contributed by atoms with Gasteiger partial charge in [0.25, 0.3) is 0 Å². The van der Waals surface area contributed by atoms with Gasteiger partial charge >= 0.3 is 29.7 Å². The zero-order chi connectivity index (χ0) is 26.4. The lowest BCUT2D eigenvalue weighted by Gasteiger charge is -2.26. The second-order valence-electron chi connectivity index (χ2n) is 7.15. The third-order valence-electron chi connectivity index (χ3n) is 4.78. The van der Waals surface area contributed by atoms with Crippen LogP contribution in [0.15, 0.2) is 12.3 Å². The number of rotatable bonds is 17. The number of hydrogen-bond acceptors (Lipinski definition) is 13. The monoisotopic (exact) mass is 502 g/mol. The van der Waals surface area contributed by atoms with Crippen molar-refractivity contribution in [1.82, 2.24) is 24.9 Å². The minimum Gasteiger partial charge on any atom is -0.480 e. The van der Waals surface area contributed by atoms with E-state index in [4.69, 9.17) is 5.11 Å². The van der Waals surface area contributed by atoms with E-state index in [1.165, 1.54) is 29.0 Å². The van der Waals surface area contributed by atoms with Gasteiger partial charge in [0.15, 0.2) is 0 Å². The number of ether oxygens (including phenoxy) is 3. The smallest absolute Gasteiger partial charge is 0.389 e. The summed E-state index contributed by atoms with van der Waals surface area (Å²) in [6.45, 7) is 0.875. The number of esters is 3. The highest BCUT2D eigenvalue weighted by atomic mass is 16.6. The number of nitrogens with one attached hydrogen (secondary N) is 1. The molecule has 0 aromatic carbocycles. The molecule has 0 radical (unpaired) electrons. The summed E-state index contributed by atoms with van der Waals surface area (Å²) in [5.41, 5.74) is 0. The fourth-order valence-electron chi connectivity index (χ4n) is 2.95. The van der Waals surface area contributed by atoms with Gasteiger partial charge in [-0.1, -0.05) is 0 Å². The quantitative estimate of drug-likeness (QED) is 0.0776. The Hall–Kier alpha value is -3.63. The number of carbonyl (C=O) groups excluding carboxylic acids is 3. The zero-order valence-electron chi connectivity index (χ0n) is 19.7. The maximum atomic E-state index is 11.8. The van der Waals surface area contributed by atoms with Gasteiger partial charge in [-0.15, -0.1) is 0 Å². The van der Waals surface area contributed by atoms with Crippen LogP contribution in [0.3, 0.4) is 0 Å². The number of nitro groups is 1. The number of hydrogen-bond donors (Lipinski definition) is 2. The molecule has 0 aliphatic rings. The molecule has 2 N–H and O–H groups in total. The molecule has 16 nitrogen and oxygen atoms in total. The Balaban J connectivity index is 2.84. The molecule has 0 saturated heterocycles. The van der Waals surface area contributed by atoms with Crippen LogP contribution in [0.1, 0.15) is 0 Å². The number of aliphatic carboxylic acids is 1. The van der Waals surface area contributed by atoms with E-state index in [0.717, 1.165) is 14.2 Å². The molecule has 0 aliphatic heterocycles. The van der Waals surface area contributed by atoms with Crippen LogP contribution < -0.4 is 5.32 Å². The van der Waals surface area contributed by atoms with E-state index < -0.39 is 34.8 Å². The van der Waals surface area contributed by atoms with Crippen molar-refractivity contribution in [1.29, 1.82) is 0 Å². The third kappa shape index (κ3) is 10.9. The predicted molar refractivity (Wildman–Crippen MR) is 117 cm³/mol. The minimum atomic E-state index is -1.33. The Bertz CT molecular complexity index is 860. The third-order valence-corrected chi connectivity index (χ3v) is 4.78. The summed E-state index contributed by atoms with van der Waals surface area (Å²) in [4.78, 5) is 59.9. The van der Waals surface area contributed by atoms with E-state index in [-0.39, 0.29) is 51.6 Å². The molecule has 0 spiro atoms. The van der Waals surface area contributed by atoms with Crippen molar-refractivity contribution < 1.29 is 43.4 Å². The number of carboxylic acid groups (broad SMARTS) is 1. The van der Waals surface area contributed by atoms with Crippen molar-refractivity contribution in [3.8, 4) is 0 Å². The first-order valence-electron chi connectivity index (χ1n) is 10.4. The summed E-state index contributed by atoms with van der Waals surface area (Å²) in [5.74, 6) is -3.66. The van der Waals surface area contributed by atoms with Crippen molar-refractivity contribution >= 4 is 29.7 Å². The maximum absolute atomic E-state index is 11.8. The molecule has 0 unspecified atom stereocenters. The topological polar surface area (TPSA) is 196 Å². The fraction of sp³-hybridized carbons (Fsp3) is 0.632. The lowest BCUT2D eigenvalue weighted by Crippen LogP contribution is -2.48. The number of nitrogens with zero attached hydrogens (tertiary/aromatic N) is 5. The largest absolute Gasteiger partial charge is 0.480 e. The molecule has 196 valence electrons. The summed E-state index contributed by atoms with van der Waals surface area (Å²) in [7, 11) is 3.46. The first-order valence-corrected chi connectivity index (χ1v) is 10.4. The van der Waals surface area contributed by atoms with Crippen molar-refractivity contribution in [2.24, 2.45) is 0 Å². The van der Waals surface area contributed by atoms with Crippen LogP contribution >= 0.6 is 0 Å². The van der Waals surface area contributed by atoms with Gasteiger partial charge < -0.3 is 29.4 Å². The van der Waals surface area contributed by atoms with Crippen LogP contribution in [0, 0.1) is 10.1 Å². The molecule has 0 fully saturated rings. The molecule has 0 aliphatic carbocycles. The van der Waals surface area contributed by atoms with Crippen LogP contribution in [0.25, 0.3) is 0 Å². The summed E-state index contributed by atoms with van der Waals surface area (Å²) < 4.78 is 15.2. The minimum absolute atomic E-state index is 0.143. The maximum Gasteiger partial charge on any atom is 0.389 e. The molecule has 0 atom stereocenters. The highest BCUT2D eigenvalue weighted by Gasteiger charge is 2.28. The highest BCUT2D eigenvalue weighted by Crippen LogP contribution is 2.05. The number of carboxylic acids is 1. The van der Waals surface area contributed by atoms with Gasteiger partial charge in [0, 0.05) is 32.7 Å². The Morgan fingerprint density at radius 1 is 1.06 bits per heavy atom. The van der Waals surface area contributed by atoms with Gasteiger partial charge in [-0.25, -0.2) is 9.59 Å². The molecule has 16 heteroatoms. The van der Waals surface area contributed by atoms with Crippen molar-refractivity contribution in [2.45, 2.75) is 12.6 Å². The van der Waals surface area contributed by atoms with Crippen molar-refractivity contribution in [3.63, 3.8) is 0 Å². The number of carbonyl (C=O) groups is 4. The first kappa shape index (κ1) is 29.4. The Labute approximate surface area is 200 Å². The van der Waals surface area contributed by atoms with Gasteiger partial charge in [0.2, 0.25) is 6.04 Å². The normalized spacial score (nSPS) is 11.0. The van der Waals surface area contributed by atoms with Crippen LogP contribution in [0.2, 0.25) is 0 Å². The Kier molecular flexibility index (Phi) is 12.9. The lowest BCUT2D eigenvalue weighted by atomic mass is 10.3. The van der Waals surface area contributed by atoms with E-state index in [9.17, 15) is 29.3 Å². The van der Waals surface area contributed by atoms with Gasteiger partial charge in [-0.05, 0) is 4.92 Å². The highest BCUT2D eigenvalue weighted by molar-refractivity contribution is 5.99. The Morgan fingerprint density at radius 2 is 1.69 bits per heavy atom. The lowest BCUT2D eigenvalue weighted by molar-refractivity contribution is -0.389. The number of aromatic nitrogens is 2. The zero-order valence-corrected chi connectivity index (χ0v) is 19.7. The van der Waals surface area contributed by atoms with Gasteiger partial charge in [0.05, 0.1) is 58.3 Å². The molecular formula is C19H30N6O10. The van der Waals surface area contributed by atoms with Gasteiger partial charge in [0.1, 0.15) is 0 Å². The molecule has 1 rings (SSSR count). The fourth-order valence-corrected chi connectivity index (χ4v) is 2.95. The van der Waals surface area contributed by atoms with E-state index in [1.807, 2.05) is 4.90 Å². The van der Waals surface area contributed by atoms with E-state index in [2.05, 4.69) is 24.6 Å². The standard InChI is InChI=1S/C19H30N6O10/c1-33-16(28)13-23(12-15(26)27)9-8-22(10-11-24-6-4-14(21-24)25(31)32)7-5-20-17(18(29)34-2)19(30)35-3/h4,6,17,20H,5,7-13H2,1-3H3,(H,26,27). The van der Waals surface area contributed by atoms with Crippen LogP contribution in [0.4, 0.5) is 5.82 Å². The second kappa shape index (κ2) is 15.3. The number of methoxy groups -OCH3 is 3. The molecule has 1 aromatic rings. The molecule has 1 heterocycles. The van der Waals surface area contributed by atoms with Gasteiger partial charge in [-0.3, -0.25) is 24.7 Å². The van der Waals surface area contributed by atoms with E-state index in [0.29, 0.717) is 6.54 Å². The molecule has 0 bridgehead atoms. The van der Waals surface area contributed by atoms with Crippen LogP contribution in [-0.2, 0) is 39.9 Å². The molecule has 0 amide bonds. The molecular weight excluding hydrogens is 472 g/mol. The van der Waals surface area contributed by atoms with Gasteiger partial charge in [-0.2, -0.15) is 4.68 Å². The SMILES string of the molecule is COC(=O)CN(CCN(CCNC(C(=O)OC)C(=O)OC)CCn1ccc([N+](=O)[O-])n1)CC(=O)O. The average molecular weight is 502 g/mol. The van der Waals surface area contributed by atoms with Crippen LogP contribution in [-0.4, -0.2) is 127 Å².